The molecule has 3 amide bonds. The summed E-state index contributed by atoms with van der Waals surface area (Å²) >= 11 is 0. The number of nitrogens with one attached hydrogen (secondary N) is 3. The molecule has 0 atom stereocenters. The highest BCUT2D eigenvalue weighted by atomic mass is 16.5. The normalized spacial score (nSPS) is 17.6. The number of hydrogen-bond acceptors (Lipinski definition) is 6. The largest absolute Gasteiger partial charge is 0.463 e. The Morgan fingerprint density at radius 2 is 1.93 bits per heavy atom. The highest BCUT2D eigenvalue weighted by Gasteiger charge is 2.28. The fourth-order valence-corrected chi connectivity index (χ4v) is 3.69. The number of fused-ring (bicyclic) bond motifs is 1. The van der Waals surface area contributed by atoms with Crippen molar-refractivity contribution in [2.24, 2.45) is 0 Å². The molecule has 0 aliphatic carbocycles. The maximum atomic E-state index is 12.9. The second kappa shape index (κ2) is 8.54. The molecule has 10 nitrogen and oxygen atoms in total. The Morgan fingerprint density at radius 3 is 2.70 bits per heavy atom. The number of H-pyrrole nitrogens is 1. The summed E-state index contributed by atoms with van der Waals surface area (Å²) in [6.07, 6.45) is 0. The molecule has 30 heavy (non-hydrogen) atoms. The lowest BCUT2D eigenvalue weighted by Gasteiger charge is -2.35. The maximum absolute atomic E-state index is 12.9. The first-order valence-electron chi connectivity index (χ1n) is 9.95. The van der Waals surface area contributed by atoms with Crippen molar-refractivity contribution < 1.29 is 19.1 Å². The van der Waals surface area contributed by atoms with Crippen LogP contribution in [0.15, 0.2) is 35.5 Å². The van der Waals surface area contributed by atoms with Gasteiger partial charge < -0.3 is 20.3 Å². The second-order valence-corrected chi connectivity index (χ2v) is 7.17. The second-order valence-electron chi connectivity index (χ2n) is 7.17. The molecule has 3 heterocycles. The minimum absolute atomic E-state index is 0.103. The van der Waals surface area contributed by atoms with Gasteiger partial charge in [-0.25, -0.2) is 9.59 Å². The number of aromatic nitrogens is 2. The summed E-state index contributed by atoms with van der Waals surface area (Å²) in [6, 6.07) is 7.21. The molecule has 2 aliphatic rings. The lowest BCUT2D eigenvalue weighted by Crippen LogP contribution is -2.52. The molecule has 1 saturated heterocycles. The predicted molar refractivity (Wildman–Crippen MR) is 109 cm³/mol. The van der Waals surface area contributed by atoms with Crippen LogP contribution in [0.25, 0.3) is 10.9 Å². The number of piperazine rings is 1. The molecule has 1 aromatic heterocycles. The monoisotopic (exact) mass is 412 g/mol. The molecule has 1 fully saturated rings. The van der Waals surface area contributed by atoms with Crippen LogP contribution in [-0.4, -0.2) is 83.8 Å². The SMILES string of the molecule is CCOC(=O)C1=C(CN2CCN(C(=O)c3n[nH]c4ccccc34)CC2)NC(=O)NC1. The topological polar surface area (TPSA) is 120 Å². The van der Waals surface area contributed by atoms with E-state index >= 15 is 0 Å². The molecule has 2 aliphatic heterocycles. The van der Waals surface area contributed by atoms with E-state index in [1.165, 1.54) is 0 Å². The molecule has 4 rings (SSSR count). The Hall–Kier alpha value is -3.40. The number of amides is 3. The minimum Gasteiger partial charge on any atom is -0.463 e. The van der Waals surface area contributed by atoms with Crippen LogP contribution in [-0.2, 0) is 9.53 Å². The highest BCUT2D eigenvalue weighted by Crippen LogP contribution is 2.18. The molecule has 0 spiro atoms. The van der Waals surface area contributed by atoms with Crippen LogP contribution in [0.4, 0.5) is 4.79 Å². The highest BCUT2D eigenvalue weighted by molar-refractivity contribution is 6.04. The smallest absolute Gasteiger partial charge is 0.337 e. The van der Waals surface area contributed by atoms with Gasteiger partial charge in [0.25, 0.3) is 5.91 Å². The standard InChI is InChI=1S/C20H24N6O4/c1-2-30-19(28)14-11-21-20(29)22-16(14)12-25-7-9-26(10-8-25)18(27)17-13-5-3-4-6-15(13)23-24-17/h3-6H,2,7-12H2,1H3,(H,23,24)(H2,21,22,29). The first-order chi connectivity index (χ1) is 14.6. The maximum Gasteiger partial charge on any atom is 0.337 e. The van der Waals surface area contributed by atoms with Crippen molar-refractivity contribution in [2.45, 2.75) is 6.92 Å². The van der Waals surface area contributed by atoms with E-state index in [4.69, 9.17) is 4.74 Å². The molecule has 158 valence electrons. The van der Waals surface area contributed by atoms with Crippen molar-refractivity contribution in [2.75, 3.05) is 45.9 Å². The van der Waals surface area contributed by atoms with Gasteiger partial charge in [0.1, 0.15) is 0 Å². The zero-order valence-electron chi connectivity index (χ0n) is 16.7. The average Bonchev–Trinajstić information content (AvgIpc) is 3.18. The minimum atomic E-state index is -0.431. The summed E-state index contributed by atoms with van der Waals surface area (Å²) in [7, 11) is 0. The average molecular weight is 412 g/mol. The Bertz CT molecular complexity index is 1010. The van der Waals surface area contributed by atoms with Gasteiger partial charge in [-0.1, -0.05) is 18.2 Å². The van der Waals surface area contributed by atoms with E-state index in [0.717, 1.165) is 10.9 Å². The third kappa shape index (κ3) is 3.99. The Balaban J connectivity index is 1.41. The fourth-order valence-electron chi connectivity index (χ4n) is 3.69. The number of para-hydroxylation sites is 1. The zero-order valence-corrected chi connectivity index (χ0v) is 16.7. The Kier molecular flexibility index (Phi) is 5.66. The van der Waals surface area contributed by atoms with E-state index in [2.05, 4.69) is 25.7 Å². The summed E-state index contributed by atoms with van der Waals surface area (Å²) in [5.41, 5.74) is 2.24. The molecule has 0 bridgehead atoms. The number of urea groups is 1. The number of hydrogen-bond donors (Lipinski definition) is 3. The van der Waals surface area contributed by atoms with Gasteiger partial charge >= 0.3 is 12.0 Å². The Morgan fingerprint density at radius 1 is 1.17 bits per heavy atom. The van der Waals surface area contributed by atoms with Gasteiger partial charge in [-0.3, -0.25) is 14.8 Å². The number of ether oxygens (including phenoxy) is 1. The van der Waals surface area contributed by atoms with Crippen LogP contribution in [0.2, 0.25) is 0 Å². The summed E-state index contributed by atoms with van der Waals surface area (Å²) in [6.45, 7) is 4.88. The van der Waals surface area contributed by atoms with E-state index in [0.29, 0.717) is 49.7 Å². The third-order valence-corrected chi connectivity index (χ3v) is 5.29. The molecular formula is C20H24N6O4. The van der Waals surface area contributed by atoms with Crippen LogP contribution in [0.3, 0.4) is 0 Å². The summed E-state index contributed by atoms with van der Waals surface area (Å²) in [5, 5.41) is 13.2. The summed E-state index contributed by atoms with van der Waals surface area (Å²) < 4.78 is 5.09. The van der Waals surface area contributed by atoms with Gasteiger partial charge in [0.15, 0.2) is 5.69 Å². The van der Waals surface area contributed by atoms with Crippen molar-refractivity contribution in [3.05, 3.63) is 41.2 Å². The summed E-state index contributed by atoms with van der Waals surface area (Å²) in [4.78, 5) is 40.7. The molecule has 0 saturated carbocycles. The van der Waals surface area contributed by atoms with Crippen LogP contribution >= 0.6 is 0 Å². The van der Waals surface area contributed by atoms with Gasteiger partial charge in [-0.15, -0.1) is 0 Å². The number of esters is 1. The number of rotatable bonds is 5. The van der Waals surface area contributed by atoms with Gasteiger partial charge in [0, 0.05) is 43.8 Å². The molecule has 3 N–H and O–H groups in total. The molecule has 0 unspecified atom stereocenters. The van der Waals surface area contributed by atoms with E-state index < -0.39 is 5.97 Å². The van der Waals surface area contributed by atoms with Crippen LogP contribution in [0.1, 0.15) is 17.4 Å². The molecular weight excluding hydrogens is 388 g/mol. The molecule has 2 aromatic rings. The van der Waals surface area contributed by atoms with Crippen molar-refractivity contribution in [1.82, 2.24) is 30.6 Å². The lowest BCUT2D eigenvalue weighted by molar-refractivity contribution is -0.138. The number of aromatic amines is 1. The van der Waals surface area contributed by atoms with E-state index in [1.54, 1.807) is 11.8 Å². The van der Waals surface area contributed by atoms with Crippen molar-refractivity contribution in [1.29, 1.82) is 0 Å². The number of benzene rings is 1. The zero-order chi connectivity index (χ0) is 21.1. The van der Waals surface area contributed by atoms with Gasteiger partial charge in [0.2, 0.25) is 0 Å². The molecule has 1 aromatic carbocycles. The van der Waals surface area contributed by atoms with E-state index in [9.17, 15) is 14.4 Å². The van der Waals surface area contributed by atoms with Gasteiger partial charge in [-0.2, -0.15) is 5.10 Å². The molecule has 0 radical (unpaired) electrons. The third-order valence-electron chi connectivity index (χ3n) is 5.29. The molecule has 10 heteroatoms. The fraction of sp³-hybridized carbons (Fsp3) is 0.400. The van der Waals surface area contributed by atoms with E-state index in [-0.39, 0.29) is 25.1 Å². The first-order valence-corrected chi connectivity index (χ1v) is 9.95. The number of carbonyl (C=O) groups excluding carboxylic acids is 3. The van der Waals surface area contributed by atoms with Crippen LogP contribution in [0.5, 0.6) is 0 Å². The van der Waals surface area contributed by atoms with Crippen LogP contribution < -0.4 is 10.6 Å². The van der Waals surface area contributed by atoms with Crippen molar-refractivity contribution in [3.8, 4) is 0 Å². The van der Waals surface area contributed by atoms with Gasteiger partial charge in [-0.05, 0) is 13.0 Å². The summed E-state index contributed by atoms with van der Waals surface area (Å²) in [5.74, 6) is -0.534. The van der Waals surface area contributed by atoms with Crippen LogP contribution in [0, 0.1) is 0 Å². The van der Waals surface area contributed by atoms with Gasteiger partial charge in [0.05, 0.1) is 24.2 Å². The van der Waals surface area contributed by atoms with E-state index in [1.807, 2.05) is 24.3 Å². The Labute approximate surface area is 173 Å². The first kappa shape index (κ1) is 19.9. The number of carbonyl (C=O) groups is 3. The number of nitrogens with zero attached hydrogens (tertiary/aromatic N) is 3. The van der Waals surface area contributed by atoms with Crippen molar-refractivity contribution in [3.63, 3.8) is 0 Å². The quantitative estimate of drug-likeness (QED) is 0.614. The predicted octanol–water partition coefficient (Wildman–Crippen LogP) is 0.451. The lowest BCUT2D eigenvalue weighted by atomic mass is 10.1. The van der Waals surface area contributed by atoms with Crippen molar-refractivity contribution >= 4 is 28.8 Å².